The maximum absolute atomic E-state index is 5.79. The molecule has 1 heterocycles. The van der Waals surface area contributed by atoms with Crippen molar-refractivity contribution in [2.75, 3.05) is 18.6 Å². The lowest BCUT2D eigenvalue weighted by molar-refractivity contribution is 0.415. The number of methoxy groups -OCH3 is 1. The molecule has 4 nitrogen and oxygen atoms in total. The first-order chi connectivity index (χ1) is 7.70. The van der Waals surface area contributed by atoms with Gasteiger partial charge < -0.3 is 16.2 Å². The molecular formula is C12H13N3O. The molecule has 4 N–H and O–H groups in total. The Morgan fingerprint density at radius 3 is 2.44 bits per heavy atom. The highest BCUT2D eigenvalue weighted by Gasteiger charge is 2.04. The SMILES string of the molecule is COc1ccc(-c2cc(N)cnc2N)cc1. The van der Waals surface area contributed by atoms with Crippen LogP contribution in [0.5, 0.6) is 5.75 Å². The lowest BCUT2D eigenvalue weighted by Gasteiger charge is -2.06. The van der Waals surface area contributed by atoms with Crippen LogP contribution in [0.1, 0.15) is 0 Å². The Morgan fingerprint density at radius 2 is 1.81 bits per heavy atom. The van der Waals surface area contributed by atoms with Crippen LogP contribution < -0.4 is 16.2 Å². The number of ether oxygens (including phenoxy) is 1. The van der Waals surface area contributed by atoms with Gasteiger partial charge in [0.15, 0.2) is 0 Å². The molecule has 2 rings (SSSR count). The van der Waals surface area contributed by atoms with E-state index >= 15 is 0 Å². The zero-order valence-electron chi connectivity index (χ0n) is 8.97. The summed E-state index contributed by atoms with van der Waals surface area (Å²) in [7, 11) is 1.63. The van der Waals surface area contributed by atoms with Gasteiger partial charge in [-0.15, -0.1) is 0 Å². The molecule has 0 aliphatic heterocycles. The molecule has 0 amide bonds. The monoisotopic (exact) mass is 215 g/mol. The molecular weight excluding hydrogens is 202 g/mol. The highest BCUT2D eigenvalue weighted by Crippen LogP contribution is 2.27. The van der Waals surface area contributed by atoms with Crippen LogP contribution >= 0.6 is 0 Å². The summed E-state index contributed by atoms with van der Waals surface area (Å²) in [4.78, 5) is 4.02. The fourth-order valence-corrected chi connectivity index (χ4v) is 1.49. The van der Waals surface area contributed by atoms with E-state index < -0.39 is 0 Å². The van der Waals surface area contributed by atoms with Gasteiger partial charge in [0.1, 0.15) is 11.6 Å². The minimum absolute atomic E-state index is 0.472. The van der Waals surface area contributed by atoms with E-state index in [0.717, 1.165) is 16.9 Å². The van der Waals surface area contributed by atoms with Crippen molar-refractivity contribution < 1.29 is 4.74 Å². The predicted octanol–water partition coefficient (Wildman–Crippen LogP) is 1.92. The van der Waals surface area contributed by atoms with Crippen molar-refractivity contribution in [1.29, 1.82) is 0 Å². The van der Waals surface area contributed by atoms with Crippen molar-refractivity contribution in [3.05, 3.63) is 36.5 Å². The summed E-state index contributed by atoms with van der Waals surface area (Å²) in [5, 5.41) is 0. The van der Waals surface area contributed by atoms with E-state index in [1.165, 1.54) is 0 Å². The summed E-state index contributed by atoms with van der Waals surface area (Å²) in [6.07, 6.45) is 1.54. The van der Waals surface area contributed by atoms with Crippen molar-refractivity contribution in [3.63, 3.8) is 0 Å². The lowest BCUT2D eigenvalue weighted by atomic mass is 10.1. The van der Waals surface area contributed by atoms with Crippen molar-refractivity contribution >= 4 is 11.5 Å². The molecule has 0 fully saturated rings. The van der Waals surface area contributed by atoms with Crippen LogP contribution in [0.3, 0.4) is 0 Å². The van der Waals surface area contributed by atoms with Crippen LogP contribution in [0.2, 0.25) is 0 Å². The van der Waals surface area contributed by atoms with E-state index in [4.69, 9.17) is 16.2 Å². The van der Waals surface area contributed by atoms with Crippen molar-refractivity contribution in [1.82, 2.24) is 4.98 Å². The number of rotatable bonds is 2. The summed E-state index contributed by atoms with van der Waals surface area (Å²) in [5.74, 6) is 1.28. The second kappa shape index (κ2) is 4.10. The van der Waals surface area contributed by atoms with E-state index in [0.29, 0.717) is 11.5 Å². The summed E-state index contributed by atoms with van der Waals surface area (Å²) >= 11 is 0. The van der Waals surface area contributed by atoms with Crippen molar-refractivity contribution in [3.8, 4) is 16.9 Å². The van der Waals surface area contributed by atoms with Gasteiger partial charge in [0.2, 0.25) is 0 Å². The van der Waals surface area contributed by atoms with Crippen LogP contribution in [0, 0.1) is 0 Å². The number of nitrogens with two attached hydrogens (primary N) is 2. The largest absolute Gasteiger partial charge is 0.497 e. The van der Waals surface area contributed by atoms with Gasteiger partial charge in [-0.05, 0) is 23.8 Å². The van der Waals surface area contributed by atoms with E-state index in [1.54, 1.807) is 13.3 Å². The average Bonchev–Trinajstić information content (AvgIpc) is 2.32. The van der Waals surface area contributed by atoms with E-state index in [1.807, 2.05) is 30.3 Å². The average molecular weight is 215 g/mol. The first kappa shape index (κ1) is 10.3. The summed E-state index contributed by atoms with van der Waals surface area (Å²) < 4.78 is 5.09. The maximum Gasteiger partial charge on any atom is 0.131 e. The lowest BCUT2D eigenvalue weighted by Crippen LogP contribution is -1.96. The van der Waals surface area contributed by atoms with Gasteiger partial charge >= 0.3 is 0 Å². The van der Waals surface area contributed by atoms with Gasteiger partial charge in [-0.2, -0.15) is 0 Å². The Bertz CT molecular complexity index is 494. The fourth-order valence-electron chi connectivity index (χ4n) is 1.49. The standard InChI is InChI=1S/C12H13N3O/c1-16-10-4-2-8(3-5-10)11-6-9(13)7-15-12(11)14/h2-7H,13H2,1H3,(H2,14,15). The molecule has 0 saturated heterocycles. The van der Waals surface area contributed by atoms with Gasteiger partial charge in [-0.25, -0.2) is 4.98 Å². The molecule has 0 atom stereocenters. The molecule has 0 saturated carbocycles. The zero-order chi connectivity index (χ0) is 11.5. The maximum atomic E-state index is 5.79. The zero-order valence-corrected chi connectivity index (χ0v) is 8.97. The number of benzene rings is 1. The molecule has 0 spiro atoms. The number of hydrogen-bond donors (Lipinski definition) is 2. The Balaban J connectivity index is 2.45. The van der Waals surface area contributed by atoms with Crippen molar-refractivity contribution in [2.24, 2.45) is 0 Å². The van der Waals surface area contributed by atoms with Gasteiger partial charge in [0.05, 0.1) is 19.0 Å². The van der Waals surface area contributed by atoms with Gasteiger partial charge in [0, 0.05) is 5.56 Å². The van der Waals surface area contributed by atoms with E-state index in [2.05, 4.69) is 4.98 Å². The number of pyridine rings is 1. The predicted molar refractivity (Wildman–Crippen MR) is 65.0 cm³/mol. The number of anilines is 2. The highest BCUT2D eigenvalue weighted by molar-refractivity contribution is 5.76. The minimum Gasteiger partial charge on any atom is -0.497 e. The molecule has 1 aromatic carbocycles. The first-order valence-corrected chi connectivity index (χ1v) is 4.86. The molecule has 0 aliphatic carbocycles. The van der Waals surface area contributed by atoms with Gasteiger partial charge in [0.25, 0.3) is 0 Å². The topological polar surface area (TPSA) is 74.2 Å². The number of aromatic nitrogens is 1. The normalized spacial score (nSPS) is 10.1. The number of nitrogens with zero attached hydrogens (tertiary/aromatic N) is 1. The third kappa shape index (κ3) is 1.91. The van der Waals surface area contributed by atoms with Gasteiger partial charge in [-0.3, -0.25) is 0 Å². The third-order valence-corrected chi connectivity index (χ3v) is 2.34. The van der Waals surface area contributed by atoms with Crippen LogP contribution in [0.15, 0.2) is 36.5 Å². The number of hydrogen-bond acceptors (Lipinski definition) is 4. The summed E-state index contributed by atoms with van der Waals surface area (Å²) in [6, 6.07) is 9.40. The molecule has 2 aromatic rings. The fraction of sp³-hybridized carbons (Fsp3) is 0.0833. The quantitative estimate of drug-likeness (QED) is 0.802. The molecule has 0 aliphatic rings. The Kier molecular flexibility index (Phi) is 2.64. The van der Waals surface area contributed by atoms with Crippen LogP contribution in [-0.2, 0) is 0 Å². The molecule has 0 unspecified atom stereocenters. The summed E-state index contributed by atoms with van der Waals surface area (Å²) in [5.41, 5.74) is 13.9. The molecule has 0 bridgehead atoms. The number of nitrogen functional groups attached to an aromatic ring is 2. The minimum atomic E-state index is 0.472. The Morgan fingerprint density at radius 1 is 1.12 bits per heavy atom. The second-order valence-electron chi connectivity index (χ2n) is 3.43. The van der Waals surface area contributed by atoms with E-state index in [-0.39, 0.29) is 0 Å². The van der Waals surface area contributed by atoms with Crippen LogP contribution in [-0.4, -0.2) is 12.1 Å². The smallest absolute Gasteiger partial charge is 0.131 e. The van der Waals surface area contributed by atoms with E-state index in [9.17, 15) is 0 Å². The van der Waals surface area contributed by atoms with Gasteiger partial charge in [-0.1, -0.05) is 12.1 Å². The molecule has 4 heteroatoms. The van der Waals surface area contributed by atoms with Crippen molar-refractivity contribution in [2.45, 2.75) is 0 Å². The second-order valence-corrected chi connectivity index (χ2v) is 3.43. The highest BCUT2D eigenvalue weighted by atomic mass is 16.5. The molecule has 0 radical (unpaired) electrons. The third-order valence-electron chi connectivity index (χ3n) is 2.34. The molecule has 82 valence electrons. The van der Waals surface area contributed by atoms with Crippen LogP contribution in [0.4, 0.5) is 11.5 Å². The molecule has 16 heavy (non-hydrogen) atoms. The summed E-state index contributed by atoms with van der Waals surface area (Å²) in [6.45, 7) is 0. The molecule has 1 aromatic heterocycles. The Hall–Kier alpha value is -2.23. The Labute approximate surface area is 93.9 Å². The van der Waals surface area contributed by atoms with Crippen LogP contribution in [0.25, 0.3) is 11.1 Å². The first-order valence-electron chi connectivity index (χ1n) is 4.86.